The van der Waals surface area contributed by atoms with Crippen molar-refractivity contribution in [1.82, 2.24) is 15.4 Å². The molecule has 0 aliphatic carbocycles. The lowest BCUT2D eigenvalue weighted by atomic mass is 10.1. The van der Waals surface area contributed by atoms with Gasteiger partial charge < -0.3 is 10.6 Å². The Bertz CT molecular complexity index is 622. The van der Waals surface area contributed by atoms with Crippen molar-refractivity contribution in [3.8, 4) is 0 Å². The maximum absolute atomic E-state index is 12.2. The fraction of sp³-hybridized carbons (Fsp3) is 0.562. The van der Waals surface area contributed by atoms with E-state index in [9.17, 15) is 8.42 Å². The number of nitrogens with one attached hydrogen (secondary N) is 3. The van der Waals surface area contributed by atoms with Gasteiger partial charge in [-0.2, -0.15) is 0 Å². The van der Waals surface area contributed by atoms with Crippen LogP contribution in [0, 0.1) is 6.92 Å². The molecular weight excluding hydrogens is 439 g/mol. The molecule has 6 nitrogen and oxygen atoms in total. The van der Waals surface area contributed by atoms with E-state index in [2.05, 4.69) is 20.3 Å². The minimum Gasteiger partial charge on any atom is -0.357 e. The highest BCUT2D eigenvalue weighted by molar-refractivity contribution is 14.0. The van der Waals surface area contributed by atoms with E-state index in [1.807, 2.05) is 34.6 Å². The molecule has 1 aromatic carbocycles. The second-order valence-electron chi connectivity index (χ2n) is 6.35. The number of aryl methyl sites for hydroxylation is 1. The zero-order valence-corrected chi connectivity index (χ0v) is 18.2. The molecule has 0 aromatic heterocycles. The molecule has 1 aromatic rings. The molecule has 0 fully saturated rings. The molecule has 0 unspecified atom stereocenters. The maximum Gasteiger partial charge on any atom is 0.240 e. The van der Waals surface area contributed by atoms with Crippen molar-refractivity contribution in [2.75, 3.05) is 19.6 Å². The first-order valence-electron chi connectivity index (χ1n) is 7.77. The first-order chi connectivity index (χ1) is 10.6. The predicted molar refractivity (Wildman–Crippen MR) is 111 cm³/mol. The zero-order valence-electron chi connectivity index (χ0n) is 15.0. The lowest BCUT2D eigenvalue weighted by Gasteiger charge is -2.23. The van der Waals surface area contributed by atoms with Crippen LogP contribution in [0.25, 0.3) is 0 Å². The quantitative estimate of drug-likeness (QED) is 0.259. The minimum absolute atomic E-state index is 0. The number of benzene rings is 1. The summed E-state index contributed by atoms with van der Waals surface area (Å²) >= 11 is 0. The van der Waals surface area contributed by atoms with E-state index < -0.39 is 10.0 Å². The Morgan fingerprint density at radius 1 is 1.17 bits per heavy atom. The SMILES string of the molecule is CCNC(=NCCNS(=O)(=O)c1ccc(C)cc1)NC(C)(C)C.I. The summed E-state index contributed by atoms with van der Waals surface area (Å²) in [6, 6.07) is 6.77. The molecular formula is C16H29IN4O2S. The van der Waals surface area contributed by atoms with E-state index in [0.29, 0.717) is 12.5 Å². The van der Waals surface area contributed by atoms with Crippen molar-refractivity contribution in [3.05, 3.63) is 29.8 Å². The third-order valence-electron chi connectivity index (χ3n) is 2.84. The Morgan fingerprint density at radius 3 is 2.25 bits per heavy atom. The van der Waals surface area contributed by atoms with Crippen molar-refractivity contribution in [2.45, 2.75) is 45.1 Å². The van der Waals surface area contributed by atoms with Crippen LogP contribution in [0.3, 0.4) is 0 Å². The molecule has 0 aliphatic rings. The van der Waals surface area contributed by atoms with Crippen LogP contribution in [0.5, 0.6) is 0 Å². The Labute approximate surface area is 163 Å². The molecule has 0 spiro atoms. The van der Waals surface area contributed by atoms with Crippen LogP contribution < -0.4 is 15.4 Å². The van der Waals surface area contributed by atoms with E-state index in [0.717, 1.165) is 12.1 Å². The van der Waals surface area contributed by atoms with Crippen molar-refractivity contribution < 1.29 is 8.42 Å². The van der Waals surface area contributed by atoms with Gasteiger partial charge in [0.1, 0.15) is 0 Å². The molecule has 0 aliphatic heterocycles. The van der Waals surface area contributed by atoms with Gasteiger partial charge in [-0.05, 0) is 46.8 Å². The highest BCUT2D eigenvalue weighted by Gasteiger charge is 2.13. The van der Waals surface area contributed by atoms with Crippen molar-refractivity contribution >= 4 is 40.0 Å². The number of hydrogen-bond acceptors (Lipinski definition) is 3. The second-order valence-corrected chi connectivity index (χ2v) is 8.11. The molecule has 1 rings (SSSR count). The average molecular weight is 468 g/mol. The Morgan fingerprint density at radius 2 is 1.75 bits per heavy atom. The topological polar surface area (TPSA) is 82.6 Å². The van der Waals surface area contributed by atoms with E-state index in [-0.39, 0.29) is 41.0 Å². The summed E-state index contributed by atoms with van der Waals surface area (Å²) in [5.41, 5.74) is 0.916. The number of aliphatic imine (C=N–C) groups is 1. The molecule has 8 heteroatoms. The van der Waals surface area contributed by atoms with Gasteiger partial charge in [-0.1, -0.05) is 17.7 Å². The molecule has 0 amide bonds. The van der Waals surface area contributed by atoms with E-state index >= 15 is 0 Å². The maximum atomic E-state index is 12.2. The van der Waals surface area contributed by atoms with Crippen LogP contribution in [0.1, 0.15) is 33.3 Å². The third kappa shape index (κ3) is 8.84. The number of rotatable bonds is 6. The van der Waals surface area contributed by atoms with Crippen molar-refractivity contribution in [3.63, 3.8) is 0 Å². The number of nitrogens with zero attached hydrogens (tertiary/aromatic N) is 1. The Balaban J connectivity index is 0.00000529. The highest BCUT2D eigenvalue weighted by atomic mass is 127. The lowest BCUT2D eigenvalue weighted by molar-refractivity contribution is 0.501. The van der Waals surface area contributed by atoms with Gasteiger partial charge in [-0.25, -0.2) is 13.1 Å². The summed E-state index contributed by atoms with van der Waals surface area (Å²) in [6.45, 7) is 11.4. The number of halogens is 1. The van der Waals surface area contributed by atoms with Gasteiger partial charge >= 0.3 is 0 Å². The summed E-state index contributed by atoms with van der Waals surface area (Å²) in [7, 11) is -3.48. The molecule has 0 heterocycles. The highest BCUT2D eigenvalue weighted by Crippen LogP contribution is 2.09. The molecule has 0 radical (unpaired) electrons. The van der Waals surface area contributed by atoms with Gasteiger partial charge in [0.2, 0.25) is 10.0 Å². The lowest BCUT2D eigenvalue weighted by Crippen LogP contribution is -2.47. The molecule has 3 N–H and O–H groups in total. The fourth-order valence-electron chi connectivity index (χ4n) is 1.81. The monoisotopic (exact) mass is 468 g/mol. The van der Waals surface area contributed by atoms with E-state index in [1.54, 1.807) is 24.3 Å². The molecule has 0 saturated heterocycles. The van der Waals surface area contributed by atoms with Crippen LogP contribution in [0.2, 0.25) is 0 Å². The summed E-state index contributed by atoms with van der Waals surface area (Å²) < 4.78 is 26.9. The standard InChI is InChI=1S/C16H28N4O2S.HI/c1-6-17-15(20-16(3,4)5)18-11-12-19-23(21,22)14-9-7-13(2)8-10-14;/h7-10,19H,6,11-12H2,1-5H3,(H2,17,18,20);1H. The third-order valence-corrected chi connectivity index (χ3v) is 4.32. The van der Waals surface area contributed by atoms with Crippen LogP contribution >= 0.6 is 24.0 Å². The molecule has 24 heavy (non-hydrogen) atoms. The largest absolute Gasteiger partial charge is 0.357 e. The number of guanidine groups is 1. The Hall–Kier alpha value is -0.870. The van der Waals surface area contributed by atoms with E-state index in [1.165, 1.54) is 0 Å². The van der Waals surface area contributed by atoms with Gasteiger partial charge in [-0.3, -0.25) is 4.99 Å². The fourth-order valence-corrected chi connectivity index (χ4v) is 2.83. The first kappa shape index (κ1) is 23.1. The smallest absolute Gasteiger partial charge is 0.240 e. The van der Waals surface area contributed by atoms with Crippen LogP contribution in [0.4, 0.5) is 0 Å². The molecule has 138 valence electrons. The van der Waals surface area contributed by atoms with Crippen LogP contribution in [-0.2, 0) is 10.0 Å². The normalized spacial score (nSPS) is 12.5. The summed E-state index contributed by atoms with van der Waals surface area (Å²) in [5.74, 6) is 0.675. The van der Waals surface area contributed by atoms with Gasteiger partial charge in [0.05, 0.1) is 11.4 Å². The van der Waals surface area contributed by atoms with Gasteiger partial charge in [0.15, 0.2) is 5.96 Å². The Kier molecular flexibility index (Phi) is 9.83. The molecule has 0 atom stereocenters. The summed E-state index contributed by atoms with van der Waals surface area (Å²) in [6.07, 6.45) is 0. The zero-order chi connectivity index (χ0) is 17.5. The first-order valence-corrected chi connectivity index (χ1v) is 9.25. The number of sulfonamides is 1. The van der Waals surface area contributed by atoms with Crippen molar-refractivity contribution in [1.29, 1.82) is 0 Å². The summed E-state index contributed by atoms with van der Waals surface area (Å²) in [5, 5.41) is 6.39. The average Bonchev–Trinajstić information content (AvgIpc) is 2.42. The molecule has 0 bridgehead atoms. The molecule has 0 saturated carbocycles. The predicted octanol–water partition coefficient (Wildman–Crippen LogP) is 2.24. The minimum atomic E-state index is -3.48. The second kappa shape index (κ2) is 10.2. The van der Waals surface area contributed by atoms with Gasteiger partial charge in [-0.15, -0.1) is 24.0 Å². The van der Waals surface area contributed by atoms with Gasteiger partial charge in [0, 0.05) is 18.6 Å². The van der Waals surface area contributed by atoms with Crippen LogP contribution in [-0.4, -0.2) is 39.6 Å². The van der Waals surface area contributed by atoms with E-state index in [4.69, 9.17) is 0 Å². The van der Waals surface area contributed by atoms with Gasteiger partial charge in [0.25, 0.3) is 0 Å². The van der Waals surface area contributed by atoms with Crippen LogP contribution in [0.15, 0.2) is 34.2 Å². The van der Waals surface area contributed by atoms with Crippen molar-refractivity contribution in [2.24, 2.45) is 4.99 Å². The summed E-state index contributed by atoms with van der Waals surface area (Å²) in [4.78, 5) is 4.65. The number of hydrogen-bond donors (Lipinski definition) is 3.